The predicted octanol–water partition coefficient (Wildman–Crippen LogP) is 9.74. The van der Waals surface area contributed by atoms with Crippen molar-refractivity contribution in [3.8, 4) is 17.2 Å². The molecule has 1 fully saturated rings. The van der Waals surface area contributed by atoms with Gasteiger partial charge in [-0.15, -0.1) is 6.58 Å². The fraction of sp³-hybridized carbons (Fsp3) is 0.556. The van der Waals surface area contributed by atoms with Gasteiger partial charge in [0.05, 0.1) is 18.1 Å². The molecule has 3 rings (SSSR count). The first-order valence-electron chi connectivity index (χ1n) is 15.9. The minimum atomic E-state index is -0.441. The lowest BCUT2D eigenvalue weighted by atomic mass is 9.80. The van der Waals surface area contributed by atoms with E-state index in [-0.39, 0.29) is 11.9 Å². The number of hydrogen-bond donors (Lipinski definition) is 0. The van der Waals surface area contributed by atoms with Crippen LogP contribution in [0, 0.1) is 17.8 Å². The number of ether oxygens (including phenoxy) is 3. The number of hydrogen-bond acceptors (Lipinski definition) is 5. The van der Waals surface area contributed by atoms with E-state index in [1.165, 1.54) is 51.4 Å². The zero-order chi connectivity index (χ0) is 29.3. The average molecular weight is 563 g/mol. The summed E-state index contributed by atoms with van der Waals surface area (Å²) in [6, 6.07) is 13.7. The summed E-state index contributed by atoms with van der Waals surface area (Å²) < 4.78 is 17.0. The highest BCUT2D eigenvalue weighted by molar-refractivity contribution is 5.91. The van der Waals surface area contributed by atoms with Gasteiger partial charge in [-0.25, -0.2) is 4.79 Å². The van der Waals surface area contributed by atoms with Crippen LogP contribution in [0.4, 0.5) is 0 Å². The van der Waals surface area contributed by atoms with Crippen molar-refractivity contribution in [1.29, 1.82) is 0 Å². The summed E-state index contributed by atoms with van der Waals surface area (Å²) in [5, 5.41) is 0. The zero-order valence-electron chi connectivity index (χ0n) is 25.3. The number of unbranched alkanes of at least 4 members (excludes halogenated alkanes) is 5. The van der Waals surface area contributed by atoms with Crippen molar-refractivity contribution >= 4 is 11.9 Å². The maximum absolute atomic E-state index is 12.7. The molecule has 0 bridgehead atoms. The summed E-state index contributed by atoms with van der Waals surface area (Å²) in [7, 11) is 0. The van der Waals surface area contributed by atoms with E-state index in [2.05, 4.69) is 20.4 Å². The maximum Gasteiger partial charge on any atom is 0.343 e. The largest absolute Gasteiger partial charge is 0.494 e. The molecule has 0 radical (unpaired) electrons. The minimum Gasteiger partial charge on any atom is -0.494 e. The van der Waals surface area contributed by atoms with Gasteiger partial charge in [-0.2, -0.15) is 0 Å². The smallest absolute Gasteiger partial charge is 0.343 e. The lowest BCUT2D eigenvalue weighted by Gasteiger charge is -2.27. The second-order valence-electron chi connectivity index (χ2n) is 11.7. The number of esters is 2. The van der Waals surface area contributed by atoms with E-state index in [4.69, 9.17) is 14.2 Å². The lowest BCUT2D eigenvalue weighted by molar-refractivity contribution is -0.140. The van der Waals surface area contributed by atoms with Crippen LogP contribution in [0.1, 0.15) is 114 Å². The van der Waals surface area contributed by atoms with Gasteiger partial charge in [0.2, 0.25) is 0 Å². The molecule has 1 aliphatic rings. The van der Waals surface area contributed by atoms with Crippen LogP contribution in [0.2, 0.25) is 0 Å². The molecule has 41 heavy (non-hydrogen) atoms. The van der Waals surface area contributed by atoms with E-state index in [0.29, 0.717) is 23.7 Å². The molecule has 1 aliphatic carbocycles. The molecule has 0 heterocycles. The van der Waals surface area contributed by atoms with Crippen molar-refractivity contribution in [2.24, 2.45) is 17.8 Å². The highest BCUT2D eigenvalue weighted by atomic mass is 16.5. The Morgan fingerprint density at radius 3 is 2.12 bits per heavy atom. The van der Waals surface area contributed by atoms with E-state index in [0.717, 1.165) is 56.1 Å². The number of carbonyl (C=O) groups excluding carboxylic acids is 2. The van der Waals surface area contributed by atoms with Gasteiger partial charge in [-0.3, -0.25) is 4.79 Å². The molecule has 2 aromatic carbocycles. The highest BCUT2D eigenvalue weighted by Crippen LogP contribution is 2.33. The van der Waals surface area contributed by atoms with Gasteiger partial charge in [-0.1, -0.05) is 64.9 Å². The SMILES string of the molecule is C=CCCCCCC1CCC(C(=O)Oc2ccc(OC(=O)c3ccc(OCCCCC[C@@H](C)CC)cc3)cc2)CC1. The zero-order valence-corrected chi connectivity index (χ0v) is 25.3. The van der Waals surface area contributed by atoms with Crippen LogP contribution in [0.25, 0.3) is 0 Å². The van der Waals surface area contributed by atoms with E-state index in [1.54, 1.807) is 48.5 Å². The van der Waals surface area contributed by atoms with Crippen molar-refractivity contribution in [2.75, 3.05) is 6.61 Å². The molecule has 5 heteroatoms. The predicted molar refractivity (Wildman–Crippen MR) is 166 cm³/mol. The molecule has 1 atom stereocenters. The molecular weight excluding hydrogens is 512 g/mol. The van der Waals surface area contributed by atoms with E-state index in [9.17, 15) is 9.59 Å². The Bertz CT molecular complexity index is 1030. The Morgan fingerprint density at radius 1 is 0.829 bits per heavy atom. The van der Waals surface area contributed by atoms with Crippen LogP contribution in [0.3, 0.4) is 0 Å². The summed E-state index contributed by atoms with van der Waals surface area (Å²) in [4.78, 5) is 25.3. The van der Waals surface area contributed by atoms with E-state index in [1.807, 2.05) is 6.08 Å². The van der Waals surface area contributed by atoms with Crippen molar-refractivity contribution < 1.29 is 23.8 Å². The topological polar surface area (TPSA) is 61.8 Å². The molecule has 0 saturated heterocycles. The first-order valence-corrected chi connectivity index (χ1v) is 15.9. The van der Waals surface area contributed by atoms with Gasteiger partial charge >= 0.3 is 11.9 Å². The Hall–Kier alpha value is -3.08. The van der Waals surface area contributed by atoms with Crippen molar-refractivity contribution in [3.05, 3.63) is 66.7 Å². The number of rotatable bonds is 18. The summed E-state index contributed by atoms with van der Waals surface area (Å²) in [5.74, 6) is 2.52. The molecule has 0 N–H and O–H groups in total. The fourth-order valence-corrected chi connectivity index (χ4v) is 5.38. The Labute approximate surface area is 247 Å². The number of benzene rings is 2. The standard InChI is InChI=1S/C36H50O5/c1-4-6-7-8-11-14-29-15-17-30(18-16-29)35(37)40-33-23-25-34(26-24-33)41-36(38)31-19-21-32(22-20-31)39-27-12-9-10-13-28(3)5-2/h4,19-26,28-30H,1,5-18,27H2,2-3H3/t28-,29?,30?/m0/s1. The third-order valence-corrected chi connectivity index (χ3v) is 8.35. The molecule has 0 amide bonds. The number of allylic oxidation sites excluding steroid dienone is 1. The quantitative estimate of drug-likeness (QED) is 0.0783. The molecule has 2 aromatic rings. The van der Waals surface area contributed by atoms with Crippen LogP contribution < -0.4 is 14.2 Å². The summed E-state index contributed by atoms with van der Waals surface area (Å²) >= 11 is 0. The van der Waals surface area contributed by atoms with Crippen LogP contribution >= 0.6 is 0 Å². The van der Waals surface area contributed by atoms with Crippen LogP contribution in [0.15, 0.2) is 61.2 Å². The van der Waals surface area contributed by atoms with Gasteiger partial charge in [0.25, 0.3) is 0 Å². The Morgan fingerprint density at radius 2 is 1.46 bits per heavy atom. The molecule has 0 spiro atoms. The van der Waals surface area contributed by atoms with Crippen LogP contribution in [-0.4, -0.2) is 18.5 Å². The third-order valence-electron chi connectivity index (χ3n) is 8.35. The molecule has 1 saturated carbocycles. The van der Waals surface area contributed by atoms with E-state index >= 15 is 0 Å². The first kappa shape index (κ1) is 32.4. The fourth-order valence-electron chi connectivity index (χ4n) is 5.38. The summed E-state index contributed by atoms with van der Waals surface area (Å²) in [6.45, 7) is 9.00. The Balaban J connectivity index is 1.34. The van der Waals surface area contributed by atoms with Gasteiger partial charge in [0.15, 0.2) is 0 Å². The second kappa shape index (κ2) is 18.4. The average Bonchev–Trinajstić information content (AvgIpc) is 3.00. The maximum atomic E-state index is 12.7. The number of carbonyl (C=O) groups is 2. The van der Waals surface area contributed by atoms with Gasteiger partial charge in [-0.05, 0) is 105 Å². The second-order valence-corrected chi connectivity index (χ2v) is 11.7. The summed E-state index contributed by atoms with van der Waals surface area (Å²) in [6.07, 6.45) is 18.1. The monoisotopic (exact) mass is 562 g/mol. The molecule has 0 aliphatic heterocycles. The normalized spacial score (nSPS) is 17.4. The van der Waals surface area contributed by atoms with Gasteiger partial charge in [0, 0.05) is 0 Å². The summed E-state index contributed by atoms with van der Waals surface area (Å²) in [5.41, 5.74) is 0.453. The molecule has 0 aromatic heterocycles. The lowest BCUT2D eigenvalue weighted by Crippen LogP contribution is -2.25. The van der Waals surface area contributed by atoms with Crippen LogP contribution in [0.5, 0.6) is 17.2 Å². The molecule has 224 valence electrons. The molecule has 0 unspecified atom stereocenters. The van der Waals surface area contributed by atoms with Gasteiger partial charge < -0.3 is 14.2 Å². The molecule has 5 nitrogen and oxygen atoms in total. The third kappa shape index (κ3) is 12.1. The van der Waals surface area contributed by atoms with Crippen molar-refractivity contribution in [1.82, 2.24) is 0 Å². The van der Waals surface area contributed by atoms with Gasteiger partial charge in [0.1, 0.15) is 17.2 Å². The highest BCUT2D eigenvalue weighted by Gasteiger charge is 2.27. The molecular formula is C36H50O5. The minimum absolute atomic E-state index is 0.0360. The van der Waals surface area contributed by atoms with Crippen LogP contribution in [-0.2, 0) is 4.79 Å². The first-order chi connectivity index (χ1) is 20.0. The Kier molecular flexibility index (Phi) is 14.5. The van der Waals surface area contributed by atoms with E-state index < -0.39 is 5.97 Å². The van der Waals surface area contributed by atoms with Crippen molar-refractivity contribution in [2.45, 2.75) is 104 Å². The van der Waals surface area contributed by atoms with Crippen molar-refractivity contribution in [3.63, 3.8) is 0 Å².